The lowest BCUT2D eigenvalue weighted by Crippen LogP contribution is -1.98. The fourth-order valence-corrected chi connectivity index (χ4v) is 5.42. The summed E-state index contributed by atoms with van der Waals surface area (Å²) in [6, 6.07) is 39.2. The van der Waals surface area contributed by atoms with Crippen LogP contribution in [0.2, 0.25) is 0 Å². The molecular formula is C36H24N4O. The van der Waals surface area contributed by atoms with Crippen molar-refractivity contribution in [1.82, 2.24) is 15.0 Å². The summed E-state index contributed by atoms with van der Waals surface area (Å²) < 4.78 is 6.50. The third-order valence-electron chi connectivity index (χ3n) is 7.38. The van der Waals surface area contributed by atoms with Gasteiger partial charge in [-0.3, -0.25) is 0 Å². The van der Waals surface area contributed by atoms with Crippen molar-refractivity contribution in [1.29, 1.82) is 5.26 Å². The van der Waals surface area contributed by atoms with Crippen LogP contribution in [0, 0.1) is 25.2 Å². The van der Waals surface area contributed by atoms with Crippen molar-refractivity contribution in [3.8, 4) is 50.8 Å². The predicted molar refractivity (Wildman–Crippen MR) is 163 cm³/mol. The second-order valence-corrected chi connectivity index (χ2v) is 10.1. The van der Waals surface area contributed by atoms with Gasteiger partial charge in [0.05, 0.1) is 11.6 Å². The Kier molecular flexibility index (Phi) is 5.88. The Morgan fingerprint density at radius 3 is 1.76 bits per heavy atom. The summed E-state index contributed by atoms with van der Waals surface area (Å²) in [5.41, 5.74) is 9.83. The van der Waals surface area contributed by atoms with Gasteiger partial charge in [-0.25, -0.2) is 15.0 Å². The van der Waals surface area contributed by atoms with Crippen molar-refractivity contribution < 1.29 is 4.42 Å². The molecule has 0 aliphatic heterocycles. The molecule has 2 heterocycles. The van der Waals surface area contributed by atoms with Crippen molar-refractivity contribution in [2.24, 2.45) is 0 Å². The first-order valence-electron chi connectivity index (χ1n) is 13.4. The quantitative estimate of drug-likeness (QED) is 0.228. The molecule has 0 saturated carbocycles. The normalized spacial score (nSPS) is 11.1. The van der Waals surface area contributed by atoms with Gasteiger partial charge in [0, 0.05) is 21.9 Å². The molecule has 2 aromatic heterocycles. The summed E-state index contributed by atoms with van der Waals surface area (Å²) in [4.78, 5) is 13.3. The minimum absolute atomic E-state index is 0.658. The zero-order valence-electron chi connectivity index (χ0n) is 22.6. The van der Waals surface area contributed by atoms with Gasteiger partial charge in [0.2, 0.25) is 0 Å². The summed E-state index contributed by atoms with van der Waals surface area (Å²) in [6.07, 6.45) is 0. The van der Waals surface area contributed by atoms with Crippen molar-refractivity contribution in [2.45, 2.75) is 13.8 Å². The monoisotopic (exact) mass is 528 g/mol. The first-order chi connectivity index (χ1) is 20.1. The first-order valence-corrected chi connectivity index (χ1v) is 13.4. The van der Waals surface area contributed by atoms with Crippen LogP contribution < -0.4 is 0 Å². The summed E-state index contributed by atoms with van der Waals surface area (Å²) in [7, 11) is 0. The van der Waals surface area contributed by atoms with Crippen LogP contribution in [0.5, 0.6) is 0 Å². The molecule has 0 atom stereocenters. The molecule has 7 rings (SSSR count). The van der Waals surface area contributed by atoms with Gasteiger partial charge >= 0.3 is 0 Å². The molecule has 5 nitrogen and oxygen atoms in total. The van der Waals surface area contributed by atoms with Crippen LogP contribution in [0.4, 0.5) is 0 Å². The Hall–Kier alpha value is -5.60. The summed E-state index contributed by atoms with van der Waals surface area (Å²) in [5.74, 6) is 2.09. The van der Waals surface area contributed by atoms with Crippen LogP contribution in [0.3, 0.4) is 0 Å². The van der Waals surface area contributed by atoms with Crippen molar-refractivity contribution in [2.75, 3.05) is 0 Å². The van der Waals surface area contributed by atoms with E-state index in [-0.39, 0.29) is 0 Å². The molecule has 0 radical (unpaired) electrons. The molecule has 0 spiro atoms. The zero-order valence-corrected chi connectivity index (χ0v) is 22.6. The molecule has 0 amide bonds. The lowest BCUT2D eigenvalue weighted by Gasteiger charge is -2.10. The number of aryl methyl sites for hydroxylation is 2. The number of furan rings is 1. The second kappa shape index (κ2) is 9.86. The molecule has 5 heteroatoms. The molecule has 0 aliphatic carbocycles. The van der Waals surface area contributed by atoms with Crippen LogP contribution in [-0.4, -0.2) is 15.0 Å². The average Bonchev–Trinajstić information content (AvgIpc) is 3.40. The van der Waals surface area contributed by atoms with E-state index in [4.69, 9.17) is 9.68 Å². The number of rotatable bonds is 4. The van der Waals surface area contributed by atoms with E-state index in [0.717, 1.165) is 60.9 Å². The fraction of sp³-hybridized carbons (Fsp3) is 0.0556. The van der Waals surface area contributed by atoms with Crippen LogP contribution in [0.1, 0.15) is 17.2 Å². The van der Waals surface area contributed by atoms with Gasteiger partial charge in [0.1, 0.15) is 22.8 Å². The molecule has 7 aromatic rings. The second-order valence-electron chi connectivity index (χ2n) is 10.1. The van der Waals surface area contributed by atoms with Gasteiger partial charge in [0.25, 0.3) is 0 Å². The molecule has 0 saturated heterocycles. The van der Waals surface area contributed by atoms with E-state index in [0.29, 0.717) is 23.0 Å². The molecule has 194 valence electrons. The van der Waals surface area contributed by atoms with Gasteiger partial charge in [-0.05, 0) is 65.9 Å². The number of nitrogens with zero attached hydrogens (tertiary/aromatic N) is 4. The highest BCUT2D eigenvalue weighted by Gasteiger charge is 2.17. The van der Waals surface area contributed by atoms with E-state index in [1.165, 1.54) is 0 Å². The molecule has 5 aromatic carbocycles. The Morgan fingerprint density at radius 2 is 1.10 bits per heavy atom. The van der Waals surface area contributed by atoms with E-state index >= 15 is 0 Å². The van der Waals surface area contributed by atoms with Crippen molar-refractivity contribution >= 4 is 21.9 Å². The number of fused-ring (bicyclic) bond motifs is 3. The molecule has 0 N–H and O–H groups in total. The highest BCUT2D eigenvalue weighted by atomic mass is 16.3. The van der Waals surface area contributed by atoms with Crippen LogP contribution in [0.15, 0.2) is 114 Å². The maximum Gasteiger partial charge on any atom is 0.163 e. The smallest absolute Gasteiger partial charge is 0.163 e. The SMILES string of the molecule is Cc1nc(C)nc(-c2ccc(-c3ccc(-c4ccc(-c5ccc(C#N)cc5)cc4)c4c3oc3ccccc34)cc2)n1. The van der Waals surface area contributed by atoms with E-state index in [1.807, 2.05) is 62.4 Å². The Balaban J connectivity index is 1.32. The highest BCUT2D eigenvalue weighted by Crippen LogP contribution is 2.42. The summed E-state index contributed by atoms with van der Waals surface area (Å²) in [6.45, 7) is 3.76. The Morgan fingerprint density at radius 1 is 0.561 bits per heavy atom. The largest absolute Gasteiger partial charge is 0.455 e. The number of hydrogen-bond acceptors (Lipinski definition) is 5. The average molecular weight is 529 g/mol. The van der Waals surface area contributed by atoms with Crippen LogP contribution in [-0.2, 0) is 0 Å². The van der Waals surface area contributed by atoms with Gasteiger partial charge in [-0.15, -0.1) is 0 Å². The van der Waals surface area contributed by atoms with Crippen LogP contribution in [0.25, 0.3) is 66.7 Å². The van der Waals surface area contributed by atoms with Gasteiger partial charge in [-0.2, -0.15) is 5.26 Å². The molecule has 0 unspecified atom stereocenters. The van der Waals surface area contributed by atoms with E-state index in [2.05, 4.69) is 81.7 Å². The summed E-state index contributed by atoms with van der Waals surface area (Å²) in [5, 5.41) is 11.3. The maximum absolute atomic E-state index is 9.11. The van der Waals surface area contributed by atoms with E-state index in [1.54, 1.807) is 0 Å². The van der Waals surface area contributed by atoms with Crippen molar-refractivity contribution in [3.63, 3.8) is 0 Å². The standard InChI is InChI=1S/C36H24N4O/c1-22-38-23(2)40-36(39-22)29-17-15-28(16-18-29)31-20-19-30(34-32-5-3-4-6-33(32)41-35(31)34)27-13-11-26(12-14-27)25-9-7-24(21-37)8-10-25/h3-20H,1-2H3. The molecule has 0 bridgehead atoms. The molecule has 0 aliphatic rings. The number of aromatic nitrogens is 3. The van der Waals surface area contributed by atoms with Crippen molar-refractivity contribution in [3.05, 3.63) is 126 Å². The number of para-hydroxylation sites is 1. The number of nitriles is 1. The first kappa shape index (κ1) is 24.4. The highest BCUT2D eigenvalue weighted by molar-refractivity contribution is 6.16. The summed E-state index contributed by atoms with van der Waals surface area (Å²) >= 11 is 0. The third-order valence-corrected chi connectivity index (χ3v) is 7.38. The van der Waals surface area contributed by atoms with E-state index < -0.39 is 0 Å². The minimum Gasteiger partial charge on any atom is -0.455 e. The fourth-order valence-electron chi connectivity index (χ4n) is 5.42. The van der Waals surface area contributed by atoms with Gasteiger partial charge < -0.3 is 4.42 Å². The topological polar surface area (TPSA) is 75.6 Å². The predicted octanol–water partition coefficient (Wildman–Crippen LogP) is 8.93. The maximum atomic E-state index is 9.11. The van der Waals surface area contributed by atoms with Gasteiger partial charge in [0.15, 0.2) is 5.82 Å². The zero-order chi connectivity index (χ0) is 27.9. The molecule has 0 fully saturated rings. The van der Waals surface area contributed by atoms with Gasteiger partial charge in [-0.1, -0.05) is 84.9 Å². The molecule has 41 heavy (non-hydrogen) atoms. The van der Waals surface area contributed by atoms with Crippen LogP contribution >= 0.6 is 0 Å². The minimum atomic E-state index is 0.658. The third kappa shape index (κ3) is 4.42. The number of hydrogen-bond donors (Lipinski definition) is 0. The number of benzene rings is 5. The lowest BCUT2D eigenvalue weighted by molar-refractivity contribution is 0.670. The Labute approximate surface area is 237 Å². The Bertz CT molecular complexity index is 2080. The van der Waals surface area contributed by atoms with E-state index in [9.17, 15) is 0 Å². The molecular weight excluding hydrogens is 504 g/mol. The lowest BCUT2D eigenvalue weighted by atomic mass is 9.93.